The third-order valence-corrected chi connectivity index (χ3v) is 4.64. The van der Waals surface area contributed by atoms with E-state index in [0.29, 0.717) is 23.8 Å². The molecular weight excluding hydrogens is 299 g/mol. The van der Waals surface area contributed by atoms with Crippen molar-refractivity contribution in [2.45, 2.75) is 18.9 Å². The van der Waals surface area contributed by atoms with Gasteiger partial charge in [0.05, 0.1) is 12.5 Å². The third kappa shape index (κ3) is 2.70. The topological polar surface area (TPSA) is 61.5 Å². The Kier molecular flexibility index (Phi) is 3.54. The van der Waals surface area contributed by atoms with Crippen LogP contribution in [-0.2, 0) is 6.54 Å². The Labute approximate surface area is 133 Å². The van der Waals surface area contributed by atoms with Crippen LogP contribution in [0.2, 0.25) is 0 Å². The van der Waals surface area contributed by atoms with Gasteiger partial charge in [0.15, 0.2) is 0 Å². The summed E-state index contributed by atoms with van der Waals surface area (Å²) in [5, 5.41) is 0. The fourth-order valence-corrected chi connectivity index (χ4v) is 3.26. The summed E-state index contributed by atoms with van der Waals surface area (Å²) < 4.78 is 19.1. The smallest absolute Gasteiger partial charge is 0.294 e. The molecule has 1 unspecified atom stereocenters. The fourth-order valence-electron chi connectivity index (χ4n) is 3.26. The van der Waals surface area contributed by atoms with Crippen LogP contribution in [0.25, 0.3) is 0 Å². The van der Waals surface area contributed by atoms with Gasteiger partial charge in [-0.1, -0.05) is 0 Å². The van der Waals surface area contributed by atoms with E-state index in [1.165, 1.54) is 6.08 Å². The van der Waals surface area contributed by atoms with E-state index in [1.807, 2.05) is 0 Å². The molecule has 0 bridgehead atoms. The Bertz CT molecular complexity index is 747. The number of H-pyrrole nitrogens is 1. The van der Waals surface area contributed by atoms with E-state index in [4.69, 9.17) is 4.74 Å². The molecule has 0 amide bonds. The molecule has 6 nitrogen and oxygen atoms in total. The molecular formula is C16H19FN4O2. The van der Waals surface area contributed by atoms with E-state index in [1.54, 1.807) is 6.08 Å². The van der Waals surface area contributed by atoms with Crippen LogP contribution in [0, 0.1) is 0 Å². The number of rotatable bonds is 2. The van der Waals surface area contributed by atoms with Crippen molar-refractivity contribution in [1.82, 2.24) is 19.8 Å². The summed E-state index contributed by atoms with van der Waals surface area (Å²) in [6.45, 7) is 4.49. The molecule has 1 aliphatic carbocycles. The first-order valence-corrected chi connectivity index (χ1v) is 7.88. The molecule has 3 heterocycles. The lowest BCUT2D eigenvalue weighted by Gasteiger charge is -2.31. The van der Waals surface area contributed by atoms with Gasteiger partial charge in [-0.25, -0.2) is 9.37 Å². The molecule has 1 fully saturated rings. The number of ether oxygens (including phenoxy) is 1. The number of nitrogens with zero attached hydrogens (tertiary/aromatic N) is 3. The number of halogens is 1. The van der Waals surface area contributed by atoms with E-state index < -0.39 is 0 Å². The number of allylic oxidation sites excluding steroid dienone is 4. The zero-order valence-electron chi connectivity index (χ0n) is 13.0. The van der Waals surface area contributed by atoms with Crippen molar-refractivity contribution < 1.29 is 9.13 Å². The maximum atomic E-state index is 13.6. The minimum atomic E-state index is -0.283. The van der Waals surface area contributed by atoms with Gasteiger partial charge in [-0.2, -0.15) is 0 Å². The highest BCUT2D eigenvalue weighted by atomic mass is 19.1. The molecule has 2 aliphatic heterocycles. The molecule has 0 radical (unpaired) electrons. The normalized spacial score (nSPS) is 24.5. The lowest BCUT2D eigenvalue weighted by atomic mass is 9.96. The summed E-state index contributed by atoms with van der Waals surface area (Å²) in [5.74, 6) is 0.960. The van der Waals surface area contributed by atoms with E-state index in [9.17, 15) is 9.18 Å². The lowest BCUT2D eigenvalue weighted by molar-refractivity contribution is 0.145. The second kappa shape index (κ2) is 5.58. The molecule has 1 atom stereocenters. The largest absolute Gasteiger partial charge is 0.453 e. The molecule has 122 valence electrons. The van der Waals surface area contributed by atoms with Gasteiger partial charge >= 0.3 is 0 Å². The third-order valence-electron chi connectivity index (χ3n) is 4.64. The van der Waals surface area contributed by atoms with Crippen LogP contribution < -0.4 is 10.3 Å². The van der Waals surface area contributed by atoms with Crippen molar-refractivity contribution in [3.8, 4) is 5.75 Å². The molecule has 1 N–H and O–H groups in total. The molecule has 1 aromatic heterocycles. The van der Waals surface area contributed by atoms with Crippen molar-refractivity contribution >= 4 is 0 Å². The number of aromatic amines is 1. The Hall–Kier alpha value is -1.99. The van der Waals surface area contributed by atoms with Gasteiger partial charge in [-0.3, -0.25) is 9.69 Å². The van der Waals surface area contributed by atoms with Crippen LogP contribution in [0.1, 0.15) is 23.9 Å². The van der Waals surface area contributed by atoms with Crippen molar-refractivity contribution in [3.05, 3.63) is 45.6 Å². The van der Waals surface area contributed by atoms with Crippen molar-refractivity contribution in [2.75, 3.05) is 33.2 Å². The first-order valence-electron chi connectivity index (χ1n) is 7.88. The highest BCUT2D eigenvalue weighted by Gasteiger charge is 2.36. The Morgan fingerprint density at radius 3 is 2.91 bits per heavy atom. The Morgan fingerprint density at radius 2 is 2.13 bits per heavy atom. The van der Waals surface area contributed by atoms with Crippen molar-refractivity contribution in [2.24, 2.45) is 0 Å². The highest BCUT2D eigenvalue weighted by Crippen LogP contribution is 2.43. The maximum Gasteiger partial charge on any atom is 0.294 e. The average Bonchev–Trinajstić information content (AvgIpc) is 2.88. The predicted molar refractivity (Wildman–Crippen MR) is 82.9 cm³/mol. The molecule has 23 heavy (non-hydrogen) atoms. The van der Waals surface area contributed by atoms with Crippen molar-refractivity contribution in [3.63, 3.8) is 0 Å². The van der Waals surface area contributed by atoms with Crippen LogP contribution in [0.15, 0.2) is 28.5 Å². The number of likely N-dealkylation sites (N-methyl/N-ethyl adjacent to an activating group) is 1. The van der Waals surface area contributed by atoms with Gasteiger partial charge in [-0.15, -0.1) is 0 Å². The van der Waals surface area contributed by atoms with E-state index >= 15 is 0 Å². The average molecular weight is 318 g/mol. The molecule has 0 spiro atoms. The van der Waals surface area contributed by atoms with Gasteiger partial charge in [0.2, 0.25) is 5.75 Å². The second-order valence-corrected chi connectivity index (χ2v) is 6.35. The second-order valence-electron chi connectivity index (χ2n) is 6.35. The molecule has 0 saturated carbocycles. The van der Waals surface area contributed by atoms with E-state index in [-0.39, 0.29) is 29.5 Å². The van der Waals surface area contributed by atoms with Gasteiger partial charge in [0.1, 0.15) is 23.1 Å². The molecule has 1 saturated heterocycles. The number of hydrogen-bond acceptors (Lipinski definition) is 5. The Balaban J connectivity index is 1.59. The minimum absolute atomic E-state index is 0.210. The van der Waals surface area contributed by atoms with Crippen LogP contribution in [-0.4, -0.2) is 53.0 Å². The molecule has 1 aromatic rings. The summed E-state index contributed by atoms with van der Waals surface area (Å²) in [5.41, 5.74) is 0.280. The predicted octanol–water partition coefficient (Wildman–Crippen LogP) is 1.13. The summed E-state index contributed by atoms with van der Waals surface area (Å²) in [6.07, 6.45) is 3.19. The van der Waals surface area contributed by atoms with Crippen LogP contribution in [0.5, 0.6) is 5.75 Å². The van der Waals surface area contributed by atoms with Gasteiger partial charge in [-0.05, 0) is 19.2 Å². The number of nitrogens with one attached hydrogen (secondary N) is 1. The number of fused-ring (bicyclic) bond motifs is 3. The van der Waals surface area contributed by atoms with Crippen LogP contribution in [0.3, 0.4) is 0 Å². The standard InChI is InChI=1S/C16H19FN4O2/c1-20-4-6-21(7-5-20)9-13-18-14-11-8-10(17)2-3-12(11)23-15(14)16(22)19-13/h2-3,11H,4-9H2,1H3,(H,18,19,22). The zero-order valence-corrected chi connectivity index (χ0v) is 13.0. The zero-order chi connectivity index (χ0) is 16.0. The maximum absolute atomic E-state index is 13.6. The molecule has 7 heteroatoms. The quantitative estimate of drug-likeness (QED) is 0.886. The SMILES string of the molecule is CN1CCN(Cc2nc3c(c(=O)[nH]2)OC2=CC=C(F)CC23)CC1. The first-order chi connectivity index (χ1) is 11.1. The van der Waals surface area contributed by atoms with E-state index in [2.05, 4.69) is 26.8 Å². The molecule has 0 aromatic carbocycles. The summed E-state index contributed by atoms with van der Waals surface area (Å²) >= 11 is 0. The van der Waals surface area contributed by atoms with Crippen LogP contribution in [0.4, 0.5) is 4.39 Å². The first kappa shape index (κ1) is 14.6. The van der Waals surface area contributed by atoms with E-state index in [0.717, 1.165) is 26.2 Å². The monoisotopic (exact) mass is 318 g/mol. The van der Waals surface area contributed by atoms with Gasteiger partial charge < -0.3 is 14.6 Å². The summed E-state index contributed by atoms with van der Waals surface area (Å²) in [7, 11) is 2.10. The number of piperazine rings is 1. The van der Waals surface area contributed by atoms with Crippen molar-refractivity contribution in [1.29, 1.82) is 0 Å². The van der Waals surface area contributed by atoms with Crippen LogP contribution >= 0.6 is 0 Å². The van der Waals surface area contributed by atoms with Gasteiger partial charge in [0, 0.05) is 32.6 Å². The minimum Gasteiger partial charge on any atom is -0.453 e. The summed E-state index contributed by atoms with van der Waals surface area (Å²) in [4.78, 5) is 24.2. The summed E-state index contributed by atoms with van der Waals surface area (Å²) in [6, 6.07) is 0. The van der Waals surface area contributed by atoms with Gasteiger partial charge in [0.25, 0.3) is 5.56 Å². The highest BCUT2D eigenvalue weighted by molar-refractivity contribution is 5.44. The number of hydrogen-bond donors (Lipinski definition) is 1. The lowest BCUT2D eigenvalue weighted by Crippen LogP contribution is -2.44. The molecule has 4 rings (SSSR count). The molecule has 3 aliphatic rings. The Morgan fingerprint density at radius 1 is 1.35 bits per heavy atom. The number of aromatic nitrogens is 2. The fraction of sp³-hybridized carbons (Fsp3) is 0.500.